The summed E-state index contributed by atoms with van der Waals surface area (Å²) in [5.41, 5.74) is 1.06. The zero-order valence-electron chi connectivity index (χ0n) is 12.1. The first-order valence-corrected chi connectivity index (χ1v) is 6.75. The van der Waals surface area contributed by atoms with Gasteiger partial charge in [-0.05, 0) is 33.6 Å². The van der Waals surface area contributed by atoms with E-state index in [0.29, 0.717) is 30.1 Å². The largest absolute Gasteiger partial charge is 0.481 e. The van der Waals surface area contributed by atoms with Gasteiger partial charge in [0.25, 0.3) is 0 Å². The normalized spacial score (nSPS) is 22.1. The molecule has 6 nitrogen and oxygen atoms in total. The summed E-state index contributed by atoms with van der Waals surface area (Å²) in [6.45, 7) is 6.53. The zero-order chi connectivity index (χ0) is 14.9. The van der Waals surface area contributed by atoms with E-state index in [2.05, 4.69) is 4.98 Å². The minimum atomic E-state index is -0.925. The molecular weight excluding hydrogens is 260 g/mol. The van der Waals surface area contributed by atoms with Gasteiger partial charge in [0, 0.05) is 23.6 Å². The molecule has 20 heavy (non-hydrogen) atoms. The quantitative estimate of drug-likeness (QED) is 0.891. The van der Waals surface area contributed by atoms with E-state index in [0.717, 1.165) is 12.8 Å². The zero-order valence-corrected chi connectivity index (χ0v) is 12.1. The lowest BCUT2D eigenvalue weighted by Crippen LogP contribution is -2.38. The van der Waals surface area contributed by atoms with Gasteiger partial charge in [0.1, 0.15) is 0 Å². The van der Waals surface area contributed by atoms with Crippen molar-refractivity contribution >= 4 is 5.97 Å². The Kier molecular flexibility index (Phi) is 3.94. The van der Waals surface area contributed by atoms with Crippen molar-refractivity contribution in [3.8, 4) is 0 Å². The number of carboxylic acid groups (broad SMARTS) is 1. The van der Waals surface area contributed by atoms with Crippen molar-refractivity contribution in [3.63, 3.8) is 0 Å². The first-order valence-electron chi connectivity index (χ1n) is 6.75. The molecule has 0 spiro atoms. The van der Waals surface area contributed by atoms with Crippen LogP contribution in [-0.2, 0) is 22.5 Å². The molecule has 1 aliphatic rings. The Morgan fingerprint density at radius 3 is 2.75 bits per heavy atom. The summed E-state index contributed by atoms with van der Waals surface area (Å²) in [5.74, 6) is -0.925. The van der Waals surface area contributed by atoms with E-state index in [4.69, 9.17) is 9.84 Å². The molecule has 6 heteroatoms. The maximum atomic E-state index is 12.1. The number of nitrogens with zero attached hydrogens (tertiary/aromatic N) is 2. The molecule has 1 N–H and O–H groups in total. The minimum absolute atomic E-state index is 0.123. The predicted molar refractivity (Wildman–Crippen MR) is 72.9 cm³/mol. The van der Waals surface area contributed by atoms with E-state index in [-0.39, 0.29) is 17.7 Å². The lowest BCUT2D eigenvalue weighted by Gasteiger charge is -2.26. The fourth-order valence-electron chi connectivity index (χ4n) is 2.73. The van der Waals surface area contributed by atoms with Gasteiger partial charge in [-0.3, -0.25) is 9.36 Å². The van der Waals surface area contributed by atoms with Gasteiger partial charge < -0.3 is 9.84 Å². The first kappa shape index (κ1) is 14.7. The monoisotopic (exact) mass is 280 g/mol. The number of ether oxygens (including phenoxy) is 1. The summed E-state index contributed by atoms with van der Waals surface area (Å²) >= 11 is 0. The summed E-state index contributed by atoms with van der Waals surface area (Å²) < 4.78 is 7.24. The number of aryl methyl sites for hydroxylation is 1. The van der Waals surface area contributed by atoms with Crippen LogP contribution in [0.5, 0.6) is 0 Å². The molecule has 0 saturated carbocycles. The maximum absolute atomic E-state index is 12.1. The van der Waals surface area contributed by atoms with Crippen molar-refractivity contribution in [3.05, 3.63) is 27.4 Å². The predicted octanol–water partition coefficient (Wildman–Crippen LogP) is 1.06. The van der Waals surface area contributed by atoms with Crippen LogP contribution in [0.2, 0.25) is 0 Å². The topological polar surface area (TPSA) is 81.4 Å². The third kappa shape index (κ3) is 2.90. The van der Waals surface area contributed by atoms with E-state index in [1.165, 1.54) is 4.57 Å². The second-order valence-corrected chi connectivity index (χ2v) is 5.60. The van der Waals surface area contributed by atoms with Gasteiger partial charge in [-0.2, -0.15) is 4.98 Å². The standard InChI is InChI=1S/C14H20N2O4/c1-9-11(7-12(17)18)10(2)16(13(19)15-9)8-14(3)5-4-6-20-14/h4-8H2,1-3H3,(H,17,18). The fraction of sp³-hybridized carbons (Fsp3) is 0.643. The summed E-state index contributed by atoms with van der Waals surface area (Å²) in [6, 6.07) is 0. The fourth-order valence-corrected chi connectivity index (χ4v) is 2.73. The number of hydrogen-bond acceptors (Lipinski definition) is 4. The van der Waals surface area contributed by atoms with E-state index in [1.807, 2.05) is 6.92 Å². The van der Waals surface area contributed by atoms with Gasteiger partial charge in [-0.25, -0.2) is 4.79 Å². The lowest BCUT2D eigenvalue weighted by molar-refractivity contribution is -0.136. The van der Waals surface area contributed by atoms with Crippen molar-refractivity contribution < 1.29 is 14.6 Å². The first-order chi connectivity index (χ1) is 9.32. The van der Waals surface area contributed by atoms with E-state index < -0.39 is 5.97 Å². The summed E-state index contributed by atoms with van der Waals surface area (Å²) in [4.78, 5) is 27.0. The Bertz CT molecular complexity index is 586. The molecule has 2 heterocycles. The van der Waals surface area contributed by atoms with Crippen LogP contribution >= 0.6 is 0 Å². The molecule has 1 unspecified atom stereocenters. The lowest BCUT2D eigenvalue weighted by atomic mass is 10.0. The Labute approximate surface area is 117 Å². The number of aliphatic carboxylic acids is 1. The molecule has 2 rings (SSSR count). The molecule has 0 aliphatic carbocycles. The number of rotatable bonds is 4. The number of hydrogen-bond donors (Lipinski definition) is 1. The van der Waals surface area contributed by atoms with Crippen LogP contribution < -0.4 is 5.69 Å². The second kappa shape index (κ2) is 5.36. The molecule has 1 aliphatic heterocycles. The van der Waals surface area contributed by atoms with Gasteiger partial charge in [0.15, 0.2) is 0 Å². The highest BCUT2D eigenvalue weighted by Gasteiger charge is 2.31. The minimum Gasteiger partial charge on any atom is -0.481 e. The Balaban J connectivity index is 2.42. The second-order valence-electron chi connectivity index (χ2n) is 5.60. The number of carbonyl (C=O) groups is 1. The van der Waals surface area contributed by atoms with Crippen LogP contribution in [0.1, 0.15) is 36.7 Å². The molecule has 0 bridgehead atoms. The molecular formula is C14H20N2O4. The van der Waals surface area contributed by atoms with Crippen LogP contribution in [0, 0.1) is 13.8 Å². The van der Waals surface area contributed by atoms with Crippen molar-refractivity contribution in [2.24, 2.45) is 0 Å². The van der Waals surface area contributed by atoms with Gasteiger partial charge in [-0.1, -0.05) is 0 Å². The highest BCUT2D eigenvalue weighted by molar-refractivity contribution is 5.70. The molecule has 0 aromatic carbocycles. The van der Waals surface area contributed by atoms with Gasteiger partial charge in [0.2, 0.25) is 0 Å². The van der Waals surface area contributed by atoms with Crippen LogP contribution in [-0.4, -0.2) is 32.8 Å². The van der Waals surface area contributed by atoms with Crippen molar-refractivity contribution in [2.45, 2.75) is 52.2 Å². The van der Waals surface area contributed by atoms with E-state index in [9.17, 15) is 9.59 Å². The number of aromatic nitrogens is 2. The Morgan fingerprint density at radius 1 is 1.50 bits per heavy atom. The summed E-state index contributed by atoms with van der Waals surface area (Å²) in [5, 5.41) is 8.97. The maximum Gasteiger partial charge on any atom is 0.348 e. The van der Waals surface area contributed by atoms with Crippen molar-refractivity contribution in [1.29, 1.82) is 0 Å². The van der Waals surface area contributed by atoms with E-state index >= 15 is 0 Å². The molecule has 0 radical (unpaired) electrons. The summed E-state index contributed by atoms with van der Waals surface area (Å²) in [7, 11) is 0. The molecule has 0 amide bonds. The smallest absolute Gasteiger partial charge is 0.348 e. The molecule has 1 aromatic rings. The van der Waals surface area contributed by atoms with Gasteiger partial charge in [0.05, 0.1) is 18.6 Å². The van der Waals surface area contributed by atoms with Crippen molar-refractivity contribution in [1.82, 2.24) is 9.55 Å². The summed E-state index contributed by atoms with van der Waals surface area (Å²) in [6.07, 6.45) is 1.75. The molecule has 1 aromatic heterocycles. The van der Waals surface area contributed by atoms with Crippen LogP contribution in [0.15, 0.2) is 4.79 Å². The highest BCUT2D eigenvalue weighted by atomic mass is 16.5. The SMILES string of the molecule is Cc1nc(=O)n(CC2(C)CCCO2)c(C)c1CC(=O)O. The number of carboxylic acids is 1. The third-order valence-electron chi connectivity index (χ3n) is 3.89. The van der Waals surface area contributed by atoms with Crippen LogP contribution in [0.25, 0.3) is 0 Å². The average molecular weight is 280 g/mol. The Hall–Kier alpha value is -1.69. The molecule has 1 fully saturated rings. The van der Waals surface area contributed by atoms with Gasteiger partial charge in [-0.15, -0.1) is 0 Å². The third-order valence-corrected chi connectivity index (χ3v) is 3.89. The molecule has 1 atom stereocenters. The van der Waals surface area contributed by atoms with Crippen LogP contribution in [0.4, 0.5) is 0 Å². The van der Waals surface area contributed by atoms with E-state index in [1.54, 1.807) is 13.8 Å². The molecule has 110 valence electrons. The average Bonchev–Trinajstić information content (AvgIpc) is 2.77. The van der Waals surface area contributed by atoms with Gasteiger partial charge >= 0.3 is 11.7 Å². The van der Waals surface area contributed by atoms with Crippen LogP contribution in [0.3, 0.4) is 0 Å². The van der Waals surface area contributed by atoms with Crippen molar-refractivity contribution in [2.75, 3.05) is 6.61 Å². The highest BCUT2D eigenvalue weighted by Crippen LogP contribution is 2.27. The molecule has 1 saturated heterocycles. The Morgan fingerprint density at radius 2 is 2.20 bits per heavy atom.